The van der Waals surface area contributed by atoms with E-state index >= 15 is 0 Å². The Morgan fingerprint density at radius 3 is 1.30 bits per heavy atom. The number of carbonyl (C=O) groups excluding carboxylic acids is 5. The van der Waals surface area contributed by atoms with E-state index in [4.69, 9.17) is 14.2 Å². The van der Waals surface area contributed by atoms with Crippen LogP contribution in [0.15, 0.2) is 50.6 Å². The zero-order chi connectivity index (χ0) is 25.9. The fourth-order valence-corrected chi connectivity index (χ4v) is 1.89. The molecule has 184 valence electrons. The molecule has 0 fully saturated rings. The Kier molecular flexibility index (Phi) is 15.9. The highest BCUT2D eigenvalue weighted by Gasteiger charge is 2.34. The van der Waals surface area contributed by atoms with Gasteiger partial charge in [0, 0.05) is 18.2 Å². The molecule has 0 saturated heterocycles. The van der Waals surface area contributed by atoms with Gasteiger partial charge in [0.25, 0.3) is 6.47 Å². The van der Waals surface area contributed by atoms with Crippen LogP contribution in [0.4, 0.5) is 4.79 Å². The van der Waals surface area contributed by atoms with Gasteiger partial charge in [-0.15, -0.1) is 6.58 Å². The molecule has 0 aromatic heterocycles. The quantitative estimate of drug-likeness (QED) is 0.127. The molecule has 11 heteroatoms. The summed E-state index contributed by atoms with van der Waals surface area (Å²) in [5.41, 5.74) is -2.65. The monoisotopic (exact) mass is 468 g/mol. The van der Waals surface area contributed by atoms with Crippen molar-refractivity contribution in [1.29, 1.82) is 0 Å². The zero-order valence-corrected chi connectivity index (χ0v) is 19.2. The van der Waals surface area contributed by atoms with Crippen LogP contribution in [0.25, 0.3) is 0 Å². The van der Waals surface area contributed by atoms with Crippen LogP contribution in [0.5, 0.6) is 0 Å². The number of urea groups is 1. The van der Waals surface area contributed by atoms with E-state index in [1.165, 1.54) is 13.8 Å². The average molecular weight is 469 g/mol. The molecule has 0 aromatic rings. The number of nitrogens with one attached hydrogen (secondary N) is 2. The molecule has 0 saturated carbocycles. The van der Waals surface area contributed by atoms with Crippen molar-refractivity contribution in [3.05, 3.63) is 50.6 Å². The van der Waals surface area contributed by atoms with Crippen LogP contribution < -0.4 is 10.6 Å². The molecule has 2 N–H and O–H groups in total. The number of rotatable bonds is 14. The van der Waals surface area contributed by atoms with E-state index in [0.29, 0.717) is 0 Å². The Balaban J connectivity index is 0. The van der Waals surface area contributed by atoms with E-state index in [1.807, 2.05) is 6.92 Å². The minimum atomic E-state index is -1.34. The third-order valence-corrected chi connectivity index (χ3v) is 3.40. The standard InChI is InChI=1S/C19H26N2O9.C3H6/c1-6-14(23)28-10-18(4,9-27-13-22)20-17(26)21-19(5,11-29-15(24)7-2)12-30-16(25)8-3;1-3-2/h6-8,13H,1-3,9-12H2,4-5H3,(H2,20,21,26);3H,1H2,2H3. The second-order valence-corrected chi connectivity index (χ2v) is 6.95. The van der Waals surface area contributed by atoms with E-state index < -0.39 is 35.0 Å². The SMILES string of the molecule is C=CC.C=CC(=O)OCC(C)(COC=O)NC(=O)NC(C)(COC(=O)C=C)COC(=O)C=C. The van der Waals surface area contributed by atoms with Crippen molar-refractivity contribution in [1.82, 2.24) is 10.6 Å². The van der Waals surface area contributed by atoms with Crippen LogP contribution in [-0.2, 0) is 38.1 Å². The van der Waals surface area contributed by atoms with E-state index in [-0.39, 0.29) is 32.9 Å². The third-order valence-electron chi connectivity index (χ3n) is 3.40. The lowest BCUT2D eigenvalue weighted by Crippen LogP contribution is -2.62. The van der Waals surface area contributed by atoms with E-state index in [0.717, 1.165) is 18.2 Å². The Hall–Kier alpha value is -3.89. The molecule has 0 aromatic carbocycles. The number of amides is 2. The third kappa shape index (κ3) is 15.5. The Morgan fingerprint density at radius 1 is 0.727 bits per heavy atom. The summed E-state index contributed by atoms with van der Waals surface area (Å²) in [6.07, 6.45) is 4.54. The van der Waals surface area contributed by atoms with Gasteiger partial charge in [-0.25, -0.2) is 19.2 Å². The first-order valence-electron chi connectivity index (χ1n) is 9.55. The topological polar surface area (TPSA) is 146 Å². The van der Waals surface area contributed by atoms with Crippen molar-refractivity contribution in [3.8, 4) is 0 Å². The van der Waals surface area contributed by atoms with Crippen LogP contribution in [0.2, 0.25) is 0 Å². The van der Waals surface area contributed by atoms with Gasteiger partial charge in [-0.1, -0.05) is 25.8 Å². The first-order chi connectivity index (χ1) is 15.4. The van der Waals surface area contributed by atoms with Crippen molar-refractivity contribution in [2.45, 2.75) is 31.8 Å². The summed E-state index contributed by atoms with van der Waals surface area (Å²) >= 11 is 0. The minimum absolute atomic E-state index is 0.167. The molecule has 0 heterocycles. The molecule has 1 unspecified atom stereocenters. The van der Waals surface area contributed by atoms with Crippen molar-refractivity contribution in [2.75, 3.05) is 26.4 Å². The highest BCUT2D eigenvalue weighted by molar-refractivity contribution is 5.82. The molecular weight excluding hydrogens is 436 g/mol. The van der Waals surface area contributed by atoms with Gasteiger partial charge in [-0.05, 0) is 20.8 Å². The lowest BCUT2D eigenvalue weighted by molar-refractivity contribution is -0.144. The van der Waals surface area contributed by atoms with Gasteiger partial charge in [0.2, 0.25) is 0 Å². The van der Waals surface area contributed by atoms with E-state index in [2.05, 4.69) is 41.7 Å². The Bertz CT molecular complexity index is 709. The lowest BCUT2D eigenvalue weighted by Gasteiger charge is -2.33. The maximum Gasteiger partial charge on any atom is 0.330 e. The van der Waals surface area contributed by atoms with Gasteiger partial charge in [-0.3, -0.25) is 4.79 Å². The van der Waals surface area contributed by atoms with Crippen molar-refractivity contribution in [2.24, 2.45) is 0 Å². The highest BCUT2D eigenvalue weighted by atomic mass is 16.6. The first kappa shape index (κ1) is 31.3. The molecule has 33 heavy (non-hydrogen) atoms. The normalized spacial score (nSPS) is 11.5. The molecule has 0 radical (unpaired) electrons. The first-order valence-corrected chi connectivity index (χ1v) is 9.55. The summed E-state index contributed by atoms with van der Waals surface area (Å²) in [6, 6.07) is -0.812. The van der Waals surface area contributed by atoms with Gasteiger partial charge in [0.15, 0.2) is 0 Å². The predicted molar refractivity (Wildman–Crippen MR) is 120 cm³/mol. The molecule has 11 nitrogen and oxygen atoms in total. The number of allylic oxidation sites excluding steroid dienone is 1. The summed E-state index contributed by atoms with van der Waals surface area (Å²) in [6.45, 7) is 16.7. The minimum Gasteiger partial charge on any atom is -0.465 e. The maximum atomic E-state index is 12.5. The van der Waals surface area contributed by atoms with Gasteiger partial charge in [0.05, 0.1) is 0 Å². The number of carbonyl (C=O) groups is 5. The highest BCUT2D eigenvalue weighted by Crippen LogP contribution is 2.10. The number of esters is 3. The van der Waals surface area contributed by atoms with Gasteiger partial charge >= 0.3 is 23.9 Å². The van der Waals surface area contributed by atoms with Gasteiger partial charge in [0.1, 0.15) is 37.5 Å². The predicted octanol–water partition coefficient (Wildman–Crippen LogP) is 1.36. The fraction of sp³-hybridized carbons (Fsp3) is 0.409. The summed E-state index contributed by atoms with van der Waals surface area (Å²) in [7, 11) is 0. The summed E-state index contributed by atoms with van der Waals surface area (Å²) in [5, 5.41) is 5.01. The number of hydrogen-bond donors (Lipinski definition) is 2. The van der Waals surface area contributed by atoms with Gasteiger partial charge in [-0.2, -0.15) is 0 Å². The molecular formula is C22H32N2O9. The van der Waals surface area contributed by atoms with Crippen LogP contribution in [0.3, 0.4) is 0 Å². The summed E-state index contributed by atoms with van der Waals surface area (Å²) < 4.78 is 19.5. The zero-order valence-electron chi connectivity index (χ0n) is 19.2. The largest absolute Gasteiger partial charge is 0.465 e. The lowest BCUT2D eigenvalue weighted by atomic mass is 10.0. The van der Waals surface area contributed by atoms with Gasteiger partial charge < -0.3 is 29.6 Å². The summed E-state index contributed by atoms with van der Waals surface area (Å²) in [5.74, 6) is -2.25. The van der Waals surface area contributed by atoms with Crippen molar-refractivity contribution >= 4 is 30.4 Å². The van der Waals surface area contributed by atoms with Crippen molar-refractivity contribution < 1.29 is 42.9 Å². The molecule has 0 spiro atoms. The number of hydrogen-bond acceptors (Lipinski definition) is 9. The van der Waals surface area contributed by atoms with E-state index in [9.17, 15) is 24.0 Å². The number of ether oxygens (including phenoxy) is 4. The molecule has 0 aliphatic rings. The van der Waals surface area contributed by atoms with Crippen LogP contribution >= 0.6 is 0 Å². The average Bonchev–Trinajstić information content (AvgIpc) is 2.78. The molecule has 0 bridgehead atoms. The van der Waals surface area contributed by atoms with Crippen LogP contribution in [-0.4, -0.2) is 67.9 Å². The second-order valence-electron chi connectivity index (χ2n) is 6.95. The molecule has 2 amide bonds. The second kappa shape index (κ2) is 16.8. The molecule has 0 aliphatic heterocycles. The maximum absolute atomic E-state index is 12.5. The van der Waals surface area contributed by atoms with Crippen LogP contribution in [0.1, 0.15) is 20.8 Å². The molecule has 0 rings (SSSR count). The van der Waals surface area contributed by atoms with E-state index in [1.54, 1.807) is 6.08 Å². The fourth-order valence-electron chi connectivity index (χ4n) is 1.89. The summed E-state index contributed by atoms with van der Waals surface area (Å²) in [4.78, 5) is 57.1. The molecule has 0 aliphatic carbocycles. The Labute approximate surface area is 193 Å². The smallest absolute Gasteiger partial charge is 0.330 e. The molecule has 1 atom stereocenters. The van der Waals surface area contributed by atoms with Crippen LogP contribution in [0, 0.1) is 0 Å². The van der Waals surface area contributed by atoms with Crippen molar-refractivity contribution in [3.63, 3.8) is 0 Å². The Morgan fingerprint density at radius 2 is 1.03 bits per heavy atom.